The number of nitrogens with two attached hydrogens (primary N) is 1. The summed E-state index contributed by atoms with van der Waals surface area (Å²) in [5.74, 6) is 0.402. The second-order valence-electron chi connectivity index (χ2n) is 4.52. The molecule has 0 radical (unpaired) electrons. The van der Waals surface area contributed by atoms with Gasteiger partial charge in [0.05, 0.1) is 0 Å². The number of aromatic nitrogens is 2. The van der Waals surface area contributed by atoms with Gasteiger partial charge in [-0.25, -0.2) is 4.98 Å². The molecule has 4 N–H and O–H groups in total. The predicted molar refractivity (Wildman–Crippen MR) is 78.6 cm³/mol. The minimum absolute atomic E-state index is 0.136. The summed E-state index contributed by atoms with van der Waals surface area (Å²) < 4.78 is 1.61. The minimum Gasteiger partial charge on any atom is -0.508 e. The normalized spacial score (nSPS) is 10.4. The average molecular weight is 274 g/mol. The van der Waals surface area contributed by atoms with E-state index < -0.39 is 0 Å². The fourth-order valence-corrected chi connectivity index (χ4v) is 1.91. The fourth-order valence-electron chi connectivity index (χ4n) is 1.91. The number of rotatable bonds is 5. The highest BCUT2D eigenvalue weighted by atomic mass is 16.3. The number of hydrogen-bond donors (Lipinski definition) is 3. The van der Waals surface area contributed by atoms with E-state index >= 15 is 0 Å². The van der Waals surface area contributed by atoms with Crippen molar-refractivity contribution in [3.05, 3.63) is 46.5 Å². The van der Waals surface area contributed by atoms with Crippen LogP contribution in [0.2, 0.25) is 0 Å². The van der Waals surface area contributed by atoms with Crippen LogP contribution in [-0.2, 0) is 13.1 Å². The number of aryl methyl sites for hydroxylation is 1. The lowest BCUT2D eigenvalue weighted by Crippen LogP contribution is -2.24. The Morgan fingerprint density at radius 3 is 3.00 bits per heavy atom. The number of nitrogens with one attached hydrogen (secondary N) is 1. The number of hydrogen-bond acceptors (Lipinski definition) is 5. The summed E-state index contributed by atoms with van der Waals surface area (Å²) in [4.78, 5) is 16.1. The molecule has 0 saturated carbocycles. The number of phenolic OH excluding ortho intramolecular Hbond substituents is 1. The van der Waals surface area contributed by atoms with Crippen molar-refractivity contribution in [2.24, 2.45) is 0 Å². The summed E-state index contributed by atoms with van der Waals surface area (Å²) in [6, 6.07) is 4.81. The fraction of sp³-hybridized carbons (Fsp3) is 0.286. The van der Waals surface area contributed by atoms with E-state index in [0.29, 0.717) is 17.8 Å². The van der Waals surface area contributed by atoms with E-state index in [0.717, 1.165) is 6.42 Å². The second kappa shape index (κ2) is 6.10. The molecule has 1 aromatic heterocycles. The lowest BCUT2D eigenvalue weighted by atomic mass is 10.2. The molecule has 0 aliphatic carbocycles. The Balaban J connectivity index is 2.17. The van der Waals surface area contributed by atoms with Crippen LogP contribution in [0.5, 0.6) is 5.75 Å². The molecule has 0 fully saturated rings. The zero-order valence-electron chi connectivity index (χ0n) is 11.3. The number of anilines is 2. The monoisotopic (exact) mass is 274 g/mol. The van der Waals surface area contributed by atoms with Gasteiger partial charge in [-0.15, -0.1) is 0 Å². The van der Waals surface area contributed by atoms with Crippen LogP contribution < -0.4 is 16.6 Å². The SMILES string of the molecule is CCCn1ccnc(NCc2cc(N)ccc2O)c1=O. The van der Waals surface area contributed by atoms with Crippen LogP contribution >= 0.6 is 0 Å². The molecule has 0 saturated heterocycles. The van der Waals surface area contributed by atoms with Gasteiger partial charge in [-0.2, -0.15) is 0 Å². The largest absolute Gasteiger partial charge is 0.508 e. The first-order valence-electron chi connectivity index (χ1n) is 6.48. The maximum absolute atomic E-state index is 12.1. The number of benzene rings is 1. The molecule has 0 atom stereocenters. The van der Waals surface area contributed by atoms with Crippen molar-refractivity contribution in [3.63, 3.8) is 0 Å². The van der Waals surface area contributed by atoms with Gasteiger partial charge in [-0.1, -0.05) is 6.92 Å². The van der Waals surface area contributed by atoms with E-state index in [1.807, 2.05) is 6.92 Å². The summed E-state index contributed by atoms with van der Waals surface area (Å²) in [7, 11) is 0. The van der Waals surface area contributed by atoms with Crippen LogP contribution in [0.25, 0.3) is 0 Å². The third-order valence-corrected chi connectivity index (χ3v) is 2.93. The molecule has 1 aromatic carbocycles. The summed E-state index contributed by atoms with van der Waals surface area (Å²) >= 11 is 0. The Hall–Kier alpha value is -2.50. The van der Waals surface area contributed by atoms with Gasteiger partial charge in [0.2, 0.25) is 0 Å². The summed E-state index contributed by atoms with van der Waals surface area (Å²) in [6.45, 7) is 2.94. The highest BCUT2D eigenvalue weighted by Gasteiger charge is 2.06. The smallest absolute Gasteiger partial charge is 0.293 e. The molecule has 0 aliphatic rings. The number of nitrogen functional groups attached to an aromatic ring is 1. The molecule has 2 aromatic rings. The van der Waals surface area contributed by atoms with E-state index in [4.69, 9.17) is 5.73 Å². The van der Waals surface area contributed by atoms with Crippen molar-refractivity contribution in [2.75, 3.05) is 11.1 Å². The first-order valence-corrected chi connectivity index (χ1v) is 6.48. The Kier molecular flexibility index (Phi) is 4.24. The van der Waals surface area contributed by atoms with Gasteiger partial charge >= 0.3 is 0 Å². The van der Waals surface area contributed by atoms with Crippen molar-refractivity contribution in [1.29, 1.82) is 0 Å². The van der Waals surface area contributed by atoms with Gasteiger partial charge < -0.3 is 20.7 Å². The third-order valence-electron chi connectivity index (χ3n) is 2.93. The highest BCUT2D eigenvalue weighted by molar-refractivity contribution is 5.48. The van der Waals surface area contributed by atoms with Crippen molar-refractivity contribution in [3.8, 4) is 5.75 Å². The molecule has 0 amide bonds. The van der Waals surface area contributed by atoms with E-state index in [-0.39, 0.29) is 23.7 Å². The molecule has 0 spiro atoms. The maximum Gasteiger partial charge on any atom is 0.293 e. The summed E-state index contributed by atoms with van der Waals surface area (Å²) in [5.41, 5.74) is 6.68. The van der Waals surface area contributed by atoms with E-state index in [2.05, 4.69) is 10.3 Å². The molecule has 106 valence electrons. The average Bonchev–Trinajstić information content (AvgIpc) is 2.43. The molecule has 20 heavy (non-hydrogen) atoms. The van der Waals surface area contributed by atoms with Gasteiger partial charge in [0.1, 0.15) is 5.75 Å². The first kappa shape index (κ1) is 13.9. The maximum atomic E-state index is 12.1. The predicted octanol–water partition coefficient (Wildman–Crippen LogP) is 1.55. The molecule has 0 unspecified atom stereocenters. The van der Waals surface area contributed by atoms with Crippen LogP contribution in [0.3, 0.4) is 0 Å². The quantitative estimate of drug-likeness (QED) is 0.568. The van der Waals surface area contributed by atoms with E-state index in [1.54, 1.807) is 29.1 Å². The van der Waals surface area contributed by atoms with Gasteiger partial charge in [0, 0.05) is 36.7 Å². The number of aromatic hydroxyl groups is 1. The summed E-state index contributed by atoms with van der Waals surface area (Å²) in [6.07, 6.45) is 4.12. The third kappa shape index (κ3) is 3.09. The zero-order chi connectivity index (χ0) is 14.5. The Labute approximate surface area is 116 Å². The van der Waals surface area contributed by atoms with Crippen molar-refractivity contribution in [1.82, 2.24) is 9.55 Å². The Morgan fingerprint density at radius 2 is 2.25 bits per heavy atom. The van der Waals surface area contributed by atoms with Crippen LogP contribution in [0.1, 0.15) is 18.9 Å². The van der Waals surface area contributed by atoms with Gasteiger partial charge in [-0.05, 0) is 24.6 Å². The molecule has 1 heterocycles. The molecule has 6 nitrogen and oxygen atoms in total. The summed E-state index contributed by atoms with van der Waals surface area (Å²) in [5, 5.41) is 12.7. The first-order chi connectivity index (χ1) is 9.61. The van der Waals surface area contributed by atoms with Crippen LogP contribution in [0, 0.1) is 0 Å². The molecule has 0 aliphatic heterocycles. The number of nitrogens with zero attached hydrogens (tertiary/aromatic N) is 2. The highest BCUT2D eigenvalue weighted by Crippen LogP contribution is 2.20. The number of phenols is 1. The van der Waals surface area contributed by atoms with Crippen molar-refractivity contribution < 1.29 is 5.11 Å². The minimum atomic E-state index is -0.169. The zero-order valence-corrected chi connectivity index (χ0v) is 11.3. The Bertz CT molecular complexity index is 652. The second-order valence-corrected chi connectivity index (χ2v) is 4.52. The lowest BCUT2D eigenvalue weighted by molar-refractivity contribution is 0.469. The van der Waals surface area contributed by atoms with Crippen molar-refractivity contribution >= 4 is 11.5 Å². The lowest BCUT2D eigenvalue weighted by Gasteiger charge is -2.09. The standard InChI is InChI=1S/C14H18N4O2/c1-2-6-18-7-5-16-13(14(18)20)17-9-10-8-11(15)3-4-12(10)19/h3-5,7-8,19H,2,6,9,15H2,1H3,(H,16,17). The van der Waals surface area contributed by atoms with E-state index in [9.17, 15) is 9.90 Å². The molecular formula is C14H18N4O2. The van der Waals surface area contributed by atoms with Crippen LogP contribution in [0.15, 0.2) is 35.4 Å². The molecule has 2 rings (SSSR count). The molecule has 0 bridgehead atoms. The Morgan fingerprint density at radius 1 is 1.45 bits per heavy atom. The van der Waals surface area contributed by atoms with Gasteiger partial charge in [-0.3, -0.25) is 4.79 Å². The van der Waals surface area contributed by atoms with Crippen molar-refractivity contribution in [2.45, 2.75) is 26.4 Å². The van der Waals surface area contributed by atoms with Crippen LogP contribution in [0.4, 0.5) is 11.5 Å². The van der Waals surface area contributed by atoms with Gasteiger partial charge in [0.25, 0.3) is 5.56 Å². The van der Waals surface area contributed by atoms with Crippen LogP contribution in [-0.4, -0.2) is 14.7 Å². The molecule has 6 heteroatoms. The van der Waals surface area contributed by atoms with E-state index in [1.165, 1.54) is 6.07 Å². The topological polar surface area (TPSA) is 93.2 Å². The molecular weight excluding hydrogens is 256 g/mol. The van der Waals surface area contributed by atoms with Gasteiger partial charge in [0.15, 0.2) is 5.82 Å².